The van der Waals surface area contributed by atoms with E-state index >= 15 is 0 Å². The third-order valence-corrected chi connectivity index (χ3v) is 14.7. The molecule has 0 amide bonds. The van der Waals surface area contributed by atoms with E-state index in [0.717, 1.165) is 0 Å². The number of hydrogen-bond donors (Lipinski definition) is 0. The van der Waals surface area contributed by atoms with E-state index in [1.165, 1.54) is 132 Å². The molecular weight excluding hydrogens is 735 g/mol. The van der Waals surface area contributed by atoms with E-state index in [9.17, 15) is 0 Å². The normalized spacial score (nSPS) is 14.0. The second-order valence-corrected chi connectivity index (χ2v) is 22.1. The van der Waals surface area contributed by atoms with Crippen molar-refractivity contribution in [1.29, 1.82) is 0 Å². The molecule has 10 aromatic rings. The molecule has 4 heterocycles. The van der Waals surface area contributed by atoms with Crippen LogP contribution in [0.5, 0.6) is 0 Å². The van der Waals surface area contributed by atoms with Gasteiger partial charge in [0.1, 0.15) is 0 Å². The van der Waals surface area contributed by atoms with Crippen LogP contribution in [-0.2, 0) is 16.2 Å². The lowest BCUT2D eigenvalue weighted by Crippen LogP contribution is -2.59. The first-order valence-corrected chi connectivity index (χ1v) is 22.6. The SMILES string of the molecule is Cc1ccc2c3ccccc3c3cc4c5c(c3c2c1)-n1c2ccc(C(C)C)cc2c2cc(C(C)(C)C)cc(c21)B5c1cc(C(C)(C)C)cc2c3cc(C(C)(C)C)ccc3n-4c12. The summed E-state index contributed by atoms with van der Waals surface area (Å²) in [6, 6.07) is 43.9. The maximum atomic E-state index is 2.73. The van der Waals surface area contributed by atoms with Gasteiger partial charge in [-0.3, -0.25) is 0 Å². The first-order chi connectivity index (χ1) is 28.9. The van der Waals surface area contributed by atoms with Gasteiger partial charge in [-0.25, -0.2) is 0 Å². The van der Waals surface area contributed by atoms with Crippen molar-refractivity contribution >= 4 is 99.0 Å². The van der Waals surface area contributed by atoms with E-state index < -0.39 is 0 Å². The zero-order chi connectivity index (χ0) is 42.4. The average molecular weight is 791 g/mol. The minimum Gasteiger partial charge on any atom is -0.310 e. The first-order valence-electron chi connectivity index (χ1n) is 22.6. The molecule has 0 radical (unpaired) electrons. The fourth-order valence-electron chi connectivity index (χ4n) is 11.4. The maximum absolute atomic E-state index is 2.73. The largest absolute Gasteiger partial charge is 0.310 e. The van der Waals surface area contributed by atoms with Gasteiger partial charge < -0.3 is 9.13 Å². The summed E-state index contributed by atoms with van der Waals surface area (Å²) in [5, 5.41) is 13.4. The molecule has 2 nitrogen and oxygen atoms in total. The van der Waals surface area contributed by atoms with Gasteiger partial charge in [-0.2, -0.15) is 0 Å². The Hall–Kier alpha value is -5.80. The van der Waals surface area contributed by atoms with Crippen molar-refractivity contribution in [3.63, 3.8) is 0 Å². The summed E-state index contributed by atoms with van der Waals surface area (Å²) in [7, 11) is 0. The minimum atomic E-state index is -0.0424. The van der Waals surface area contributed by atoms with E-state index in [1.54, 1.807) is 0 Å². The van der Waals surface area contributed by atoms with Gasteiger partial charge in [-0.15, -0.1) is 0 Å². The second kappa shape index (κ2) is 11.8. The quantitative estimate of drug-likeness (QED) is 0.116. The van der Waals surface area contributed by atoms with Crippen molar-refractivity contribution in [2.75, 3.05) is 0 Å². The van der Waals surface area contributed by atoms with Gasteiger partial charge >= 0.3 is 0 Å². The molecule has 8 aromatic carbocycles. The highest BCUT2D eigenvalue weighted by atomic mass is 15.0. The molecule has 0 unspecified atom stereocenters. The van der Waals surface area contributed by atoms with Crippen LogP contribution in [-0.4, -0.2) is 15.8 Å². The fourth-order valence-corrected chi connectivity index (χ4v) is 11.4. The predicted molar refractivity (Wildman–Crippen MR) is 267 cm³/mol. The van der Waals surface area contributed by atoms with Crippen LogP contribution in [0, 0.1) is 6.92 Å². The number of fused-ring (bicyclic) bond motifs is 17. The summed E-state index contributed by atoms with van der Waals surface area (Å²) in [5.41, 5.74) is 19.0. The van der Waals surface area contributed by atoms with Gasteiger partial charge in [-0.05, 0) is 137 Å². The van der Waals surface area contributed by atoms with Gasteiger partial charge in [0.2, 0.25) is 0 Å². The molecule has 0 saturated heterocycles. The summed E-state index contributed by atoms with van der Waals surface area (Å²) in [5.74, 6) is 0.428. The van der Waals surface area contributed by atoms with Crippen molar-refractivity contribution in [3.05, 3.63) is 137 Å². The van der Waals surface area contributed by atoms with Gasteiger partial charge in [0.15, 0.2) is 0 Å². The second-order valence-electron chi connectivity index (χ2n) is 22.1. The van der Waals surface area contributed by atoms with Crippen LogP contribution in [0.3, 0.4) is 0 Å². The van der Waals surface area contributed by atoms with Crippen LogP contribution >= 0.6 is 0 Å². The smallest absolute Gasteiger partial charge is 0.252 e. The standard InChI is InChI=1S/C58H55BN2/c1-31(2)33-18-21-49-40(24-33)44-26-35(57(7,8)9)29-47-54(44)61(49)55-51-42-23-32(3)17-20-39(42)37-15-13-14-16-38(37)43(51)30-50-52(55)59(47)46-28-36(58(10,11)12)27-45-41-25-34(56(4,5)6)19-22-48(41)60(50)53(45)46/h13-31H,1-12H3. The number of aromatic nitrogens is 2. The van der Waals surface area contributed by atoms with Crippen molar-refractivity contribution < 1.29 is 0 Å². The molecule has 0 saturated carbocycles. The molecule has 2 aromatic heterocycles. The monoisotopic (exact) mass is 790 g/mol. The van der Waals surface area contributed by atoms with Crippen LogP contribution in [0.4, 0.5) is 0 Å². The first kappa shape index (κ1) is 37.0. The molecule has 0 fully saturated rings. The summed E-state index contributed by atoms with van der Waals surface area (Å²) in [6.07, 6.45) is 0. The summed E-state index contributed by atoms with van der Waals surface area (Å²) in [4.78, 5) is 0. The van der Waals surface area contributed by atoms with Gasteiger partial charge in [0.05, 0.1) is 16.7 Å². The molecule has 2 aliphatic heterocycles. The number of hydrogen-bond acceptors (Lipinski definition) is 0. The van der Waals surface area contributed by atoms with Crippen molar-refractivity contribution in [2.24, 2.45) is 0 Å². The van der Waals surface area contributed by atoms with E-state index in [4.69, 9.17) is 0 Å². The van der Waals surface area contributed by atoms with Crippen LogP contribution < -0.4 is 16.4 Å². The fraction of sp³-hybridized carbons (Fsp3) is 0.276. The molecule has 3 heteroatoms. The van der Waals surface area contributed by atoms with Crippen LogP contribution in [0.1, 0.15) is 110 Å². The molecule has 2 aliphatic rings. The lowest BCUT2D eigenvalue weighted by molar-refractivity contribution is 0.590. The van der Waals surface area contributed by atoms with Gasteiger partial charge in [0.25, 0.3) is 6.71 Å². The number of aryl methyl sites for hydroxylation is 1. The van der Waals surface area contributed by atoms with E-state index in [-0.39, 0.29) is 23.0 Å². The minimum absolute atomic E-state index is 0.0249. The number of nitrogens with zero attached hydrogens (tertiary/aromatic N) is 2. The lowest BCUT2D eigenvalue weighted by Gasteiger charge is -2.36. The Morgan fingerprint density at radius 1 is 0.459 bits per heavy atom. The number of rotatable bonds is 1. The molecular formula is C58H55BN2. The Bertz CT molecular complexity index is 3620. The third-order valence-electron chi connectivity index (χ3n) is 14.7. The van der Waals surface area contributed by atoms with Crippen molar-refractivity contribution in [2.45, 2.75) is 105 Å². The van der Waals surface area contributed by atoms with Crippen LogP contribution in [0.25, 0.3) is 87.3 Å². The van der Waals surface area contributed by atoms with Gasteiger partial charge in [0, 0.05) is 43.7 Å². The topological polar surface area (TPSA) is 9.86 Å². The molecule has 12 rings (SSSR count). The highest BCUT2D eigenvalue weighted by Crippen LogP contribution is 2.47. The predicted octanol–water partition coefficient (Wildman–Crippen LogP) is 13.8. The zero-order valence-electron chi connectivity index (χ0n) is 37.9. The summed E-state index contributed by atoms with van der Waals surface area (Å²) in [6.45, 7) is 28.3. The summed E-state index contributed by atoms with van der Waals surface area (Å²) < 4.78 is 5.41. The van der Waals surface area contributed by atoms with Crippen LogP contribution in [0.15, 0.2) is 109 Å². The Kier molecular flexibility index (Phi) is 7.14. The van der Waals surface area contributed by atoms with E-state index in [2.05, 4.69) is 201 Å². The molecule has 0 aliphatic carbocycles. The number of benzene rings is 8. The Labute approximate surface area is 360 Å². The van der Waals surface area contributed by atoms with Crippen molar-refractivity contribution in [1.82, 2.24) is 9.13 Å². The Morgan fingerprint density at radius 3 is 1.61 bits per heavy atom. The molecule has 0 atom stereocenters. The highest BCUT2D eigenvalue weighted by Gasteiger charge is 2.43. The van der Waals surface area contributed by atoms with Crippen molar-refractivity contribution in [3.8, 4) is 11.4 Å². The maximum Gasteiger partial charge on any atom is 0.252 e. The van der Waals surface area contributed by atoms with E-state index in [1.807, 2.05) is 0 Å². The molecule has 61 heavy (non-hydrogen) atoms. The average Bonchev–Trinajstić information content (AvgIpc) is 3.72. The molecule has 0 spiro atoms. The molecule has 0 N–H and O–H groups in total. The lowest BCUT2D eigenvalue weighted by atomic mass is 9.33. The summed E-state index contributed by atoms with van der Waals surface area (Å²) >= 11 is 0. The third kappa shape index (κ3) is 4.87. The van der Waals surface area contributed by atoms with Gasteiger partial charge in [-0.1, -0.05) is 148 Å². The zero-order valence-corrected chi connectivity index (χ0v) is 37.9. The highest BCUT2D eigenvalue weighted by molar-refractivity contribution is 7.00. The van der Waals surface area contributed by atoms with Crippen LogP contribution in [0.2, 0.25) is 0 Å². The molecule has 300 valence electrons. The Balaban J connectivity index is 1.41. The van der Waals surface area contributed by atoms with E-state index in [0.29, 0.717) is 5.92 Å². The molecule has 0 bridgehead atoms. The Morgan fingerprint density at radius 2 is 0.984 bits per heavy atom.